The fraction of sp³-hybridized carbons (Fsp3) is 0.143. The van der Waals surface area contributed by atoms with Crippen LogP contribution < -0.4 is 11.6 Å². The predicted octanol–water partition coefficient (Wildman–Crippen LogP) is -0.766. The maximum atomic E-state index is 4.71. The molecule has 54 valence electrons. The molecule has 3 nitrogen and oxygen atoms in total. The van der Waals surface area contributed by atoms with Gasteiger partial charge in [-0.2, -0.15) is 0 Å². The highest BCUT2D eigenvalue weighted by Crippen LogP contribution is 2.04. The van der Waals surface area contributed by atoms with E-state index >= 15 is 0 Å². The van der Waals surface area contributed by atoms with E-state index in [-0.39, 0.29) is 0 Å². The van der Waals surface area contributed by atoms with E-state index in [1.807, 2.05) is 24.3 Å². The lowest BCUT2D eigenvalue weighted by atomic mass is 10.2. The maximum absolute atomic E-state index is 4.71. The van der Waals surface area contributed by atoms with Crippen LogP contribution in [-0.2, 0) is 11.4 Å². The van der Waals surface area contributed by atoms with Crippen LogP contribution in [0.3, 0.4) is 0 Å². The normalized spacial score (nSPS) is 9.80. The molecule has 0 unspecified atom stereocenters. The van der Waals surface area contributed by atoms with Crippen molar-refractivity contribution in [2.24, 2.45) is 0 Å². The Bertz CT molecular complexity index is 213. The average molecular weight is 140 g/mol. The summed E-state index contributed by atoms with van der Waals surface area (Å²) in [5.74, 6) is 3.29. The molecule has 0 aliphatic carbocycles. The summed E-state index contributed by atoms with van der Waals surface area (Å²) in [4.78, 5) is 4.71. The van der Waals surface area contributed by atoms with Crippen LogP contribution in [0.15, 0.2) is 24.3 Å². The van der Waals surface area contributed by atoms with E-state index in [0.717, 1.165) is 11.3 Å². The summed E-state index contributed by atoms with van der Waals surface area (Å²) in [6, 6.07) is 7.87. The largest absolute Gasteiger partial charge is 0.325 e. The van der Waals surface area contributed by atoms with Crippen LogP contribution in [-0.4, -0.2) is 0 Å². The van der Waals surface area contributed by atoms with Gasteiger partial charge in [-0.15, -0.1) is 0 Å². The van der Waals surface area contributed by atoms with Crippen LogP contribution in [0.5, 0.6) is 0 Å². The van der Waals surface area contributed by atoms with Crippen molar-refractivity contribution < 1.29 is 16.5 Å². The van der Waals surface area contributed by atoms with Gasteiger partial charge in [0.05, 0.1) is 0 Å². The zero-order chi connectivity index (χ0) is 7.40. The van der Waals surface area contributed by atoms with Crippen LogP contribution in [0.1, 0.15) is 5.56 Å². The molecule has 6 N–H and O–H groups in total. The first-order chi connectivity index (χ1) is 4.83. The van der Waals surface area contributed by atoms with Gasteiger partial charge in [0.2, 0.25) is 0 Å². The van der Waals surface area contributed by atoms with Gasteiger partial charge < -0.3 is 5.73 Å². The van der Waals surface area contributed by atoms with Crippen molar-refractivity contribution in [3.63, 3.8) is 0 Å². The van der Waals surface area contributed by atoms with Gasteiger partial charge in [0.1, 0.15) is 12.3 Å². The van der Waals surface area contributed by atoms with Crippen LogP contribution in [0.25, 0.3) is 0 Å². The van der Waals surface area contributed by atoms with Gasteiger partial charge in [-0.1, -0.05) is 12.1 Å². The van der Waals surface area contributed by atoms with E-state index in [0.29, 0.717) is 6.61 Å². The third-order valence-corrected chi connectivity index (χ3v) is 1.26. The van der Waals surface area contributed by atoms with Crippen molar-refractivity contribution in [3.05, 3.63) is 29.8 Å². The summed E-state index contributed by atoms with van der Waals surface area (Å²) in [6.07, 6.45) is 0. The van der Waals surface area contributed by atoms with Crippen molar-refractivity contribution in [2.75, 3.05) is 0 Å². The lowest BCUT2D eigenvalue weighted by Crippen LogP contribution is -2.48. The van der Waals surface area contributed by atoms with Crippen molar-refractivity contribution in [1.82, 2.24) is 0 Å². The first-order valence-corrected chi connectivity index (χ1v) is 3.11. The van der Waals surface area contributed by atoms with E-state index in [9.17, 15) is 0 Å². The third-order valence-electron chi connectivity index (χ3n) is 1.26. The molecule has 1 aromatic carbocycles. The highest BCUT2D eigenvalue weighted by atomic mass is 16.6. The highest BCUT2D eigenvalue weighted by Gasteiger charge is 1.93. The monoisotopic (exact) mass is 140 g/mol. The highest BCUT2D eigenvalue weighted by molar-refractivity contribution is 5.32. The molecule has 3 heteroatoms. The van der Waals surface area contributed by atoms with E-state index in [1.54, 1.807) is 0 Å². The fourth-order valence-electron chi connectivity index (χ4n) is 0.837. The van der Waals surface area contributed by atoms with Crippen LogP contribution >= 0.6 is 0 Å². The molecule has 0 radical (unpaired) electrons. The molecule has 0 spiro atoms. The number of benzene rings is 1. The molecule has 0 aliphatic heterocycles. The van der Waals surface area contributed by atoms with Crippen molar-refractivity contribution in [2.45, 2.75) is 6.61 Å². The predicted molar refractivity (Wildman–Crippen MR) is 36.7 cm³/mol. The molecule has 0 atom stereocenters. The van der Waals surface area contributed by atoms with Gasteiger partial charge >= 0.3 is 0 Å². The smallest absolute Gasteiger partial charge is 0.131 e. The summed E-state index contributed by atoms with van der Waals surface area (Å²) in [7, 11) is 0. The summed E-state index contributed by atoms with van der Waals surface area (Å²) in [5, 5.41) is 0. The van der Waals surface area contributed by atoms with Gasteiger partial charge in [0.25, 0.3) is 0 Å². The standard InChI is InChI=1S/C7H11N2O/c8-7-3-1-2-6(4-7)5-10-9/h1-4H,5,8H2,9H3/q+1/p+1. The molecule has 0 saturated carbocycles. The van der Waals surface area contributed by atoms with Crippen LogP contribution in [0, 0.1) is 0 Å². The summed E-state index contributed by atoms with van der Waals surface area (Å²) < 4.78 is 0. The topological polar surface area (TPSA) is 64.5 Å². The lowest BCUT2D eigenvalue weighted by molar-refractivity contribution is -0.695. The molecule has 0 saturated heterocycles. The zero-order valence-corrected chi connectivity index (χ0v) is 5.84. The minimum absolute atomic E-state index is 0.559. The Hall–Kier alpha value is -0.900. The Balaban J connectivity index is 2.75. The first kappa shape index (κ1) is 7.21. The number of quaternary nitrogens is 2. The second kappa shape index (κ2) is 3.31. The van der Waals surface area contributed by atoms with Gasteiger partial charge in [0.15, 0.2) is 0 Å². The summed E-state index contributed by atoms with van der Waals surface area (Å²) in [5.41, 5.74) is 5.91. The SMILES string of the molecule is [NH3+]OCc1cccc([NH3+])c1. The van der Waals surface area contributed by atoms with Crippen LogP contribution in [0.4, 0.5) is 5.69 Å². The van der Waals surface area contributed by atoms with Crippen molar-refractivity contribution in [3.8, 4) is 0 Å². The molecule has 0 bridgehead atoms. The number of hydrogen-bond acceptors (Lipinski definition) is 1. The summed E-state index contributed by atoms with van der Waals surface area (Å²) in [6.45, 7) is 0.559. The second-order valence-electron chi connectivity index (χ2n) is 2.17. The first-order valence-electron chi connectivity index (χ1n) is 3.11. The molecular weight excluding hydrogens is 128 g/mol. The van der Waals surface area contributed by atoms with E-state index in [2.05, 4.69) is 11.6 Å². The van der Waals surface area contributed by atoms with E-state index in [4.69, 9.17) is 4.84 Å². The molecule has 0 heterocycles. The number of rotatable bonds is 2. The lowest BCUT2D eigenvalue weighted by Gasteiger charge is -1.94. The Morgan fingerprint density at radius 2 is 2.20 bits per heavy atom. The summed E-state index contributed by atoms with van der Waals surface area (Å²) >= 11 is 0. The van der Waals surface area contributed by atoms with Gasteiger partial charge in [-0.05, 0) is 11.6 Å². The molecule has 10 heavy (non-hydrogen) atoms. The Kier molecular flexibility index (Phi) is 2.39. The van der Waals surface area contributed by atoms with Crippen molar-refractivity contribution in [1.29, 1.82) is 0 Å². The Labute approximate surface area is 59.5 Å². The van der Waals surface area contributed by atoms with Gasteiger partial charge in [-0.3, -0.25) is 0 Å². The van der Waals surface area contributed by atoms with E-state index in [1.165, 1.54) is 0 Å². The third kappa shape index (κ3) is 1.80. The Morgan fingerprint density at radius 3 is 2.80 bits per heavy atom. The molecule has 0 aromatic heterocycles. The fourth-order valence-corrected chi connectivity index (χ4v) is 0.837. The molecule has 1 rings (SSSR count). The molecule has 0 fully saturated rings. The zero-order valence-electron chi connectivity index (χ0n) is 5.84. The molecule has 0 aliphatic rings. The Morgan fingerprint density at radius 1 is 1.40 bits per heavy atom. The minimum Gasteiger partial charge on any atom is -0.325 e. The molecule has 0 amide bonds. The van der Waals surface area contributed by atoms with Gasteiger partial charge in [0, 0.05) is 6.07 Å². The minimum atomic E-state index is 0.559. The average Bonchev–Trinajstić information content (AvgIpc) is 1.88. The second-order valence-corrected chi connectivity index (χ2v) is 2.17. The number of hydrogen-bond donors (Lipinski definition) is 2. The quantitative estimate of drug-likeness (QED) is 0.521. The van der Waals surface area contributed by atoms with Crippen molar-refractivity contribution >= 4 is 5.69 Å². The maximum Gasteiger partial charge on any atom is 0.131 e. The molecule has 1 aromatic rings. The van der Waals surface area contributed by atoms with E-state index < -0.39 is 0 Å². The van der Waals surface area contributed by atoms with Gasteiger partial charge in [-0.25, -0.2) is 10.7 Å². The van der Waals surface area contributed by atoms with Crippen LogP contribution in [0.2, 0.25) is 0 Å². The molecular formula is C7H12N2O+2.